The maximum Gasteiger partial charge on any atom is 0.269 e. The van der Waals surface area contributed by atoms with Crippen molar-refractivity contribution in [3.05, 3.63) is 39.9 Å². The zero-order valence-corrected chi connectivity index (χ0v) is 10.4. The average Bonchev–Trinajstić information content (AvgIpc) is 2.34. The molecule has 0 unspecified atom stereocenters. The molecule has 0 radical (unpaired) electrons. The minimum atomic E-state index is -0.406. The van der Waals surface area contributed by atoms with Gasteiger partial charge in [-0.1, -0.05) is 12.1 Å². The minimum absolute atomic E-state index is 0.109. The van der Waals surface area contributed by atoms with E-state index in [1.165, 1.54) is 12.1 Å². The van der Waals surface area contributed by atoms with Gasteiger partial charge in [0, 0.05) is 38.3 Å². The fourth-order valence-electron chi connectivity index (χ4n) is 1.46. The molecule has 1 aromatic carbocycles. The highest BCUT2D eigenvalue weighted by Crippen LogP contribution is 2.11. The van der Waals surface area contributed by atoms with Crippen molar-refractivity contribution in [2.24, 2.45) is 0 Å². The highest BCUT2D eigenvalue weighted by atomic mass is 16.6. The molecule has 0 fully saturated rings. The molecule has 0 aliphatic heterocycles. The molecule has 0 heterocycles. The Morgan fingerprint density at radius 2 is 1.89 bits per heavy atom. The molecular formula is C12H19N3O3. The third-order valence-electron chi connectivity index (χ3n) is 2.39. The van der Waals surface area contributed by atoms with Crippen LogP contribution in [0.4, 0.5) is 5.69 Å². The van der Waals surface area contributed by atoms with Crippen LogP contribution in [0.2, 0.25) is 0 Å². The molecule has 1 aromatic rings. The van der Waals surface area contributed by atoms with Gasteiger partial charge in [-0.25, -0.2) is 0 Å². The van der Waals surface area contributed by atoms with Crippen molar-refractivity contribution in [2.75, 3.05) is 19.6 Å². The third kappa shape index (κ3) is 5.72. The number of rotatable bonds is 8. The van der Waals surface area contributed by atoms with Crippen molar-refractivity contribution in [1.82, 2.24) is 10.6 Å². The number of benzene rings is 1. The van der Waals surface area contributed by atoms with Crippen LogP contribution < -0.4 is 10.6 Å². The maximum absolute atomic E-state index is 10.5. The number of hydrogen-bond acceptors (Lipinski definition) is 5. The Hall–Kier alpha value is -1.50. The zero-order valence-electron chi connectivity index (χ0n) is 10.4. The summed E-state index contributed by atoms with van der Waals surface area (Å²) in [6.07, 6.45) is -0.334. The zero-order chi connectivity index (χ0) is 13.4. The predicted octanol–water partition coefficient (Wildman–Crippen LogP) is 0.655. The van der Waals surface area contributed by atoms with Crippen molar-refractivity contribution >= 4 is 5.69 Å². The summed E-state index contributed by atoms with van der Waals surface area (Å²) in [7, 11) is 0. The monoisotopic (exact) mass is 253 g/mol. The summed E-state index contributed by atoms with van der Waals surface area (Å²) in [5.74, 6) is 0. The van der Waals surface area contributed by atoms with Crippen LogP contribution in [-0.2, 0) is 6.54 Å². The first-order valence-corrected chi connectivity index (χ1v) is 5.92. The maximum atomic E-state index is 10.5. The van der Waals surface area contributed by atoms with Crippen molar-refractivity contribution in [2.45, 2.75) is 19.6 Å². The SMILES string of the molecule is C[C@H](O)CNCCNCc1ccc([N+](=O)[O-])cc1. The molecule has 0 amide bonds. The number of aliphatic hydroxyl groups excluding tert-OH is 1. The molecule has 18 heavy (non-hydrogen) atoms. The number of nitrogens with zero attached hydrogens (tertiary/aromatic N) is 1. The molecular weight excluding hydrogens is 234 g/mol. The van der Waals surface area contributed by atoms with E-state index in [0.29, 0.717) is 13.1 Å². The Kier molecular flexibility index (Phi) is 6.27. The van der Waals surface area contributed by atoms with Gasteiger partial charge in [-0.15, -0.1) is 0 Å². The Balaban J connectivity index is 2.17. The van der Waals surface area contributed by atoms with Gasteiger partial charge in [0.2, 0.25) is 0 Å². The highest BCUT2D eigenvalue weighted by molar-refractivity contribution is 5.32. The van der Waals surface area contributed by atoms with E-state index in [9.17, 15) is 10.1 Å². The lowest BCUT2D eigenvalue weighted by atomic mass is 10.2. The summed E-state index contributed by atoms with van der Waals surface area (Å²) < 4.78 is 0. The van der Waals surface area contributed by atoms with Crippen LogP contribution >= 0.6 is 0 Å². The van der Waals surface area contributed by atoms with Gasteiger partial charge < -0.3 is 15.7 Å². The summed E-state index contributed by atoms with van der Waals surface area (Å²) in [5.41, 5.74) is 1.12. The molecule has 0 aliphatic rings. The van der Waals surface area contributed by atoms with Crippen molar-refractivity contribution < 1.29 is 10.0 Å². The molecule has 1 rings (SSSR count). The van der Waals surface area contributed by atoms with Gasteiger partial charge in [-0.05, 0) is 12.5 Å². The van der Waals surface area contributed by atoms with Crippen LogP contribution in [0.1, 0.15) is 12.5 Å². The summed E-state index contributed by atoms with van der Waals surface area (Å²) in [5, 5.41) is 25.8. The first-order chi connectivity index (χ1) is 8.59. The van der Waals surface area contributed by atoms with Crippen molar-refractivity contribution in [3.63, 3.8) is 0 Å². The van der Waals surface area contributed by atoms with Crippen molar-refractivity contribution in [3.8, 4) is 0 Å². The van der Waals surface area contributed by atoms with E-state index < -0.39 is 4.92 Å². The lowest BCUT2D eigenvalue weighted by Crippen LogP contribution is -2.31. The van der Waals surface area contributed by atoms with E-state index in [-0.39, 0.29) is 11.8 Å². The smallest absolute Gasteiger partial charge is 0.269 e. The molecule has 3 N–H and O–H groups in total. The van der Waals surface area contributed by atoms with Crippen LogP contribution in [0, 0.1) is 10.1 Å². The fraction of sp³-hybridized carbons (Fsp3) is 0.500. The number of nitro groups is 1. The van der Waals surface area contributed by atoms with E-state index in [2.05, 4.69) is 10.6 Å². The second-order valence-electron chi connectivity index (χ2n) is 4.15. The standard InChI is InChI=1S/C12H19N3O3/c1-10(16)8-13-6-7-14-9-11-2-4-12(5-3-11)15(17)18/h2-5,10,13-14,16H,6-9H2,1H3/t10-/m0/s1. The lowest BCUT2D eigenvalue weighted by molar-refractivity contribution is -0.384. The first kappa shape index (κ1) is 14.6. The lowest BCUT2D eigenvalue weighted by Gasteiger charge is -2.08. The van der Waals surface area contributed by atoms with Gasteiger partial charge in [0.1, 0.15) is 0 Å². The fourth-order valence-corrected chi connectivity index (χ4v) is 1.46. The Morgan fingerprint density at radius 3 is 2.44 bits per heavy atom. The summed E-state index contributed by atoms with van der Waals surface area (Å²) in [6.45, 7) is 4.55. The third-order valence-corrected chi connectivity index (χ3v) is 2.39. The molecule has 0 aromatic heterocycles. The van der Waals surface area contributed by atoms with Gasteiger partial charge in [0.15, 0.2) is 0 Å². The predicted molar refractivity (Wildman–Crippen MR) is 69.4 cm³/mol. The molecule has 6 nitrogen and oxygen atoms in total. The van der Waals surface area contributed by atoms with Gasteiger partial charge in [-0.2, -0.15) is 0 Å². The average molecular weight is 253 g/mol. The molecule has 100 valence electrons. The van der Waals surface area contributed by atoms with E-state index in [1.807, 2.05) is 0 Å². The summed E-state index contributed by atoms with van der Waals surface area (Å²) >= 11 is 0. The van der Waals surface area contributed by atoms with Crippen LogP contribution in [-0.4, -0.2) is 35.8 Å². The Labute approximate surface area is 106 Å². The summed E-state index contributed by atoms with van der Waals surface area (Å²) in [6, 6.07) is 6.49. The van der Waals surface area contributed by atoms with E-state index in [0.717, 1.165) is 18.7 Å². The van der Waals surface area contributed by atoms with Crippen LogP contribution in [0.25, 0.3) is 0 Å². The van der Waals surface area contributed by atoms with Gasteiger partial charge >= 0.3 is 0 Å². The number of hydrogen-bond donors (Lipinski definition) is 3. The molecule has 0 spiro atoms. The highest BCUT2D eigenvalue weighted by Gasteiger charge is 2.03. The molecule has 0 saturated carbocycles. The van der Waals surface area contributed by atoms with Gasteiger partial charge in [-0.3, -0.25) is 10.1 Å². The first-order valence-electron chi connectivity index (χ1n) is 5.92. The molecule has 6 heteroatoms. The van der Waals surface area contributed by atoms with Crippen LogP contribution in [0.3, 0.4) is 0 Å². The molecule has 1 atom stereocenters. The second kappa shape index (κ2) is 7.75. The quantitative estimate of drug-likeness (QED) is 0.360. The van der Waals surface area contributed by atoms with E-state index in [4.69, 9.17) is 5.11 Å². The molecule has 0 aliphatic carbocycles. The number of nitrogens with one attached hydrogen (secondary N) is 2. The normalized spacial score (nSPS) is 12.3. The largest absolute Gasteiger partial charge is 0.392 e. The Morgan fingerprint density at radius 1 is 1.28 bits per heavy atom. The molecule has 0 saturated heterocycles. The van der Waals surface area contributed by atoms with E-state index >= 15 is 0 Å². The molecule has 0 bridgehead atoms. The summed E-state index contributed by atoms with van der Waals surface area (Å²) in [4.78, 5) is 10.1. The van der Waals surface area contributed by atoms with Crippen LogP contribution in [0.15, 0.2) is 24.3 Å². The number of aliphatic hydroxyl groups is 1. The van der Waals surface area contributed by atoms with Gasteiger partial charge in [0.25, 0.3) is 5.69 Å². The van der Waals surface area contributed by atoms with E-state index in [1.54, 1.807) is 19.1 Å². The van der Waals surface area contributed by atoms with Crippen LogP contribution in [0.5, 0.6) is 0 Å². The van der Waals surface area contributed by atoms with Gasteiger partial charge in [0.05, 0.1) is 11.0 Å². The number of nitro benzene ring substituents is 1. The van der Waals surface area contributed by atoms with Crippen molar-refractivity contribution in [1.29, 1.82) is 0 Å². The minimum Gasteiger partial charge on any atom is -0.392 e. The Bertz CT molecular complexity index is 365. The topological polar surface area (TPSA) is 87.4 Å². The second-order valence-corrected chi connectivity index (χ2v) is 4.15. The number of non-ortho nitro benzene ring substituents is 1.